The van der Waals surface area contributed by atoms with E-state index in [1.165, 1.54) is 12.3 Å². The monoisotopic (exact) mass is 361 g/mol. The van der Waals surface area contributed by atoms with Crippen LogP contribution in [0.15, 0.2) is 55.0 Å². The molecule has 0 aromatic carbocycles. The Labute approximate surface area is 154 Å². The van der Waals surface area contributed by atoms with E-state index in [-0.39, 0.29) is 6.42 Å². The first-order valence-electron chi connectivity index (χ1n) is 8.35. The Hall–Kier alpha value is -3.61. The van der Waals surface area contributed by atoms with Crippen molar-refractivity contribution in [3.8, 4) is 22.5 Å². The van der Waals surface area contributed by atoms with E-state index in [4.69, 9.17) is 5.73 Å². The van der Waals surface area contributed by atoms with Gasteiger partial charge in [-0.15, -0.1) is 0 Å². The van der Waals surface area contributed by atoms with E-state index in [0.717, 1.165) is 11.3 Å². The third-order valence-corrected chi connectivity index (χ3v) is 4.23. The number of pyridine rings is 3. The second-order valence-corrected chi connectivity index (χ2v) is 6.25. The highest BCUT2D eigenvalue weighted by Gasteiger charge is 2.14. The smallest absolute Gasteiger partial charge is 0.223 e. The fourth-order valence-electron chi connectivity index (χ4n) is 3.04. The summed E-state index contributed by atoms with van der Waals surface area (Å²) < 4.78 is 15.7. The van der Waals surface area contributed by atoms with E-state index in [1.807, 2.05) is 31.2 Å². The normalized spacial score (nSPS) is 11.0. The molecule has 0 atom stereocenters. The zero-order chi connectivity index (χ0) is 19.0. The molecule has 134 valence electrons. The minimum absolute atomic E-state index is 0.0678. The number of amides is 1. The third kappa shape index (κ3) is 3.27. The number of carbonyl (C=O) groups excluding carboxylic acids is 1. The summed E-state index contributed by atoms with van der Waals surface area (Å²) in [5.74, 6) is -0.885. The molecule has 1 amide bonds. The predicted molar refractivity (Wildman–Crippen MR) is 99.2 cm³/mol. The molecule has 0 radical (unpaired) electrons. The molecule has 0 saturated heterocycles. The Bertz CT molecular complexity index is 1170. The van der Waals surface area contributed by atoms with Gasteiger partial charge in [-0.2, -0.15) is 0 Å². The molecule has 6 nitrogen and oxygen atoms in total. The zero-order valence-electron chi connectivity index (χ0n) is 14.6. The highest BCUT2D eigenvalue weighted by Crippen LogP contribution is 2.30. The first kappa shape index (κ1) is 16.8. The molecular weight excluding hydrogens is 345 g/mol. The van der Waals surface area contributed by atoms with Gasteiger partial charge in [-0.3, -0.25) is 14.8 Å². The van der Waals surface area contributed by atoms with Crippen molar-refractivity contribution in [3.63, 3.8) is 0 Å². The number of nitrogens with zero attached hydrogens (tertiary/aromatic N) is 4. The van der Waals surface area contributed by atoms with Crippen molar-refractivity contribution in [1.29, 1.82) is 0 Å². The summed E-state index contributed by atoms with van der Waals surface area (Å²) in [6.07, 6.45) is 4.66. The molecule has 4 aromatic heterocycles. The molecule has 0 saturated carbocycles. The molecule has 4 rings (SSSR count). The molecule has 0 aliphatic heterocycles. The van der Waals surface area contributed by atoms with Gasteiger partial charge in [-0.05, 0) is 37.3 Å². The molecule has 4 aromatic rings. The lowest BCUT2D eigenvalue weighted by Crippen LogP contribution is -2.14. The number of carbonyl (C=O) groups is 1. The second-order valence-electron chi connectivity index (χ2n) is 6.25. The Morgan fingerprint density at radius 1 is 1.19 bits per heavy atom. The third-order valence-electron chi connectivity index (χ3n) is 4.23. The van der Waals surface area contributed by atoms with Crippen molar-refractivity contribution < 1.29 is 9.18 Å². The van der Waals surface area contributed by atoms with E-state index in [9.17, 15) is 9.18 Å². The summed E-state index contributed by atoms with van der Waals surface area (Å²) in [6.45, 7) is 1.89. The molecular formula is C20H16FN5O. The van der Waals surface area contributed by atoms with Crippen molar-refractivity contribution in [1.82, 2.24) is 19.4 Å². The number of aromatic nitrogens is 4. The molecule has 7 heteroatoms. The number of primary amides is 1. The van der Waals surface area contributed by atoms with Gasteiger partial charge < -0.3 is 10.1 Å². The lowest BCUT2D eigenvalue weighted by Gasteiger charge is -2.10. The van der Waals surface area contributed by atoms with Crippen molar-refractivity contribution in [2.45, 2.75) is 13.3 Å². The first-order valence-corrected chi connectivity index (χ1v) is 8.35. The SMILES string of the molecule is Cc1cccc(-c2ncc(F)cc2-c2ccc3ncc(CC(N)=O)n3c2)n1. The molecule has 0 unspecified atom stereocenters. The topological polar surface area (TPSA) is 86.2 Å². The fourth-order valence-corrected chi connectivity index (χ4v) is 3.04. The van der Waals surface area contributed by atoms with Crippen LogP contribution >= 0.6 is 0 Å². The zero-order valence-corrected chi connectivity index (χ0v) is 14.6. The molecule has 27 heavy (non-hydrogen) atoms. The summed E-state index contributed by atoms with van der Waals surface area (Å²) in [7, 11) is 0. The van der Waals surface area contributed by atoms with E-state index in [2.05, 4.69) is 15.0 Å². The highest BCUT2D eigenvalue weighted by molar-refractivity contribution is 5.80. The maximum atomic E-state index is 14.0. The van der Waals surface area contributed by atoms with Gasteiger partial charge in [0.2, 0.25) is 5.91 Å². The largest absolute Gasteiger partial charge is 0.369 e. The first-order chi connectivity index (χ1) is 13.0. The van der Waals surface area contributed by atoms with Crippen molar-refractivity contribution >= 4 is 11.6 Å². The van der Waals surface area contributed by atoms with E-state index in [0.29, 0.717) is 28.3 Å². The van der Waals surface area contributed by atoms with Crippen LogP contribution in [0.5, 0.6) is 0 Å². The minimum atomic E-state index is -0.445. The van der Waals surface area contributed by atoms with Gasteiger partial charge in [-0.1, -0.05) is 6.07 Å². The number of hydrogen-bond acceptors (Lipinski definition) is 4. The average molecular weight is 361 g/mol. The van der Waals surface area contributed by atoms with Gasteiger partial charge >= 0.3 is 0 Å². The van der Waals surface area contributed by atoms with Crippen LogP contribution in [0.4, 0.5) is 4.39 Å². The number of nitrogens with two attached hydrogens (primary N) is 1. The van der Waals surface area contributed by atoms with E-state index >= 15 is 0 Å². The van der Waals surface area contributed by atoms with Gasteiger partial charge in [0, 0.05) is 29.2 Å². The second kappa shape index (κ2) is 6.60. The van der Waals surface area contributed by atoms with E-state index in [1.54, 1.807) is 22.9 Å². The van der Waals surface area contributed by atoms with Crippen LogP contribution in [0, 0.1) is 12.7 Å². The number of imidazole rings is 1. The summed E-state index contributed by atoms with van der Waals surface area (Å²) in [6, 6.07) is 10.7. The van der Waals surface area contributed by atoms with Crippen LogP contribution in [0.1, 0.15) is 11.4 Å². The molecule has 2 N–H and O–H groups in total. The van der Waals surface area contributed by atoms with Crippen LogP contribution in [0.3, 0.4) is 0 Å². The summed E-state index contributed by atoms with van der Waals surface area (Å²) in [4.78, 5) is 24.3. The fraction of sp³-hybridized carbons (Fsp3) is 0.100. The van der Waals surface area contributed by atoms with Crippen LogP contribution in [-0.4, -0.2) is 25.3 Å². The Morgan fingerprint density at radius 2 is 2.04 bits per heavy atom. The predicted octanol–water partition coefficient (Wildman–Crippen LogP) is 2.93. The van der Waals surface area contributed by atoms with Crippen LogP contribution in [0.2, 0.25) is 0 Å². The molecule has 0 aliphatic carbocycles. The molecule has 0 bridgehead atoms. The summed E-state index contributed by atoms with van der Waals surface area (Å²) >= 11 is 0. The standard InChI is InChI=1S/C20H16FN5O/c1-12-3-2-4-17(25-12)20-16(7-14(21)9-24-20)13-5-6-19-23-10-15(8-18(22)27)26(19)11-13/h2-7,9-11H,8H2,1H3,(H2,22,27). The Morgan fingerprint density at radius 3 is 2.81 bits per heavy atom. The van der Waals surface area contributed by atoms with Crippen LogP contribution < -0.4 is 5.73 Å². The van der Waals surface area contributed by atoms with Crippen molar-refractivity contribution in [2.75, 3.05) is 0 Å². The maximum absolute atomic E-state index is 14.0. The van der Waals surface area contributed by atoms with Crippen molar-refractivity contribution in [3.05, 3.63) is 72.2 Å². The maximum Gasteiger partial charge on any atom is 0.223 e. The minimum Gasteiger partial charge on any atom is -0.369 e. The lowest BCUT2D eigenvalue weighted by atomic mass is 10.0. The molecule has 4 heterocycles. The number of rotatable bonds is 4. The highest BCUT2D eigenvalue weighted by atomic mass is 19.1. The van der Waals surface area contributed by atoms with Crippen molar-refractivity contribution in [2.24, 2.45) is 5.73 Å². The Balaban J connectivity index is 1.90. The van der Waals surface area contributed by atoms with Crippen LogP contribution in [0.25, 0.3) is 28.2 Å². The van der Waals surface area contributed by atoms with Gasteiger partial charge in [0.1, 0.15) is 11.5 Å². The van der Waals surface area contributed by atoms with E-state index < -0.39 is 11.7 Å². The quantitative estimate of drug-likeness (QED) is 0.605. The van der Waals surface area contributed by atoms with Crippen LogP contribution in [-0.2, 0) is 11.2 Å². The molecule has 0 aliphatic rings. The van der Waals surface area contributed by atoms with Gasteiger partial charge in [-0.25, -0.2) is 9.37 Å². The van der Waals surface area contributed by atoms with Gasteiger partial charge in [0.05, 0.1) is 29.7 Å². The van der Waals surface area contributed by atoms with Gasteiger partial charge in [0.25, 0.3) is 0 Å². The summed E-state index contributed by atoms with van der Waals surface area (Å²) in [5, 5.41) is 0. The number of aryl methyl sites for hydroxylation is 1. The lowest BCUT2D eigenvalue weighted by molar-refractivity contribution is -0.117. The number of hydrogen-bond donors (Lipinski definition) is 1. The summed E-state index contributed by atoms with van der Waals surface area (Å²) in [5.41, 5.74) is 10.1. The average Bonchev–Trinajstić information content (AvgIpc) is 3.03. The molecule has 0 spiro atoms. The number of halogens is 1. The van der Waals surface area contributed by atoms with Gasteiger partial charge in [0.15, 0.2) is 0 Å². The number of fused-ring (bicyclic) bond motifs is 1. The Kier molecular flexibility index (Phi) is 4.12. The molecule has 0 fully saturated rings.